The van der Waals surface area contributed by atoms with E-state index in [1.165, 1.54) is 16.3 Å². The number of carbonyl (C=O) groups is 1. The summed E-state index contributed by atoms with van der Waals surface area (Å²) in [5, 5.41) is 5.91. The maximum Gasteiger partial charge on any atom is 0.234 e. The summed E-state index contributed by atoms with van der Waals surface area (Å²) < 4.78 is 0. The zero-order chi connectivity index (χ0) is 22.0. The molecule has 1 unspecified atom stereocenters. The van der Waals surface area contributed by atoms with Crippen LogP contribution in [0.1, 0.15) is 52.0 Å². The Morgan fingerprint density at radius 1 is 0.967 bits per heavy atom. The highest BCUT2D eigenvalue weighted by atomic mass is 16.2. The summed E-state index contributed by atoms with van der Waals surface area (Å²) in [7, 11) is 4.26. The Balaban J connectivity index is 2.40. The van der Waals surface area contributed by atoms with Gasteiger partial charge in [0, 0.05) is 12.0 Å². The zero-order valence-electron chi connectivity index (χ0n) is 19.7. The Hall–Kier alpha value is -1.91. The second-order valence-electron chi connectivity index (χ2n) is 8.70. The van der Waals surface area contributed by atoms with Crippen molar-refractivity contribution in [3.05, 3.63) is 48.0 Å². The van der Waals surface area contributed by atoms with Crippen LogP contribution in [0.4, 0.5) is 0 Å². The number of likely N-dealkylation sites (N-methyl/N-ethyl adjacent to an activating group) is 1. The van der Waals surface area contributed by atoms with E-state index in [1.54, 1.807) is 0 Å². The van der Waals surface area contributed by atoms with Gasteiger partial charge in [-0.1, -0.05) is 76.1 Å². The molecule has 0 aliphatic heterocycles. The third kappa shape index (κ3) is 6.55. The van der Waals surface area contributed by atoms with E-state index in [1.807, 2.05) is 0 Å². The van der Waals surface area contributed by atoms with E-state index >= 15 is 0 Å². The number of unbranched alkanes of at least 4 members (excludes halogenated alkanes) is 1. The lowest BCUT2D eigenvalue weighted by molar-refractivity contribution is -0.122. The van der Waals surface area contributed by atoms with Crippen molar-refractivity contribution < 1.29 is 4.79 Å². The zero-order valence-corrected chi connectivity index (χ0v) is 19.7. The largest absolute Gasteiger partial charge is 0.354 e. The molecule has 0 aliphatic carbocycles. The van der Waals surface area contributed by atoms with Crippen LogP contribution in [0.5, 0.6) is 0 Å². The lowest BCUT2D eigenvalue weighted by Gasteiger charge is -2.37. The van der Waals surface area contributed by atoms with Gasteiger partial charge in [0.15, 0.2) is 0 Å². The molecule has 0 spiro atoms. The molecule has 1 N–H and O–H groups in total. The van der Waals surface area contributed by atoms with Crippen LogP contribution in [-0.2, 0) is 10.2 Å². The number of nitrogens with one attached hydrogen (secondary N) is 1. The number of amides is 1. The van der Waals surface area contributed by atoms with Gasteiger partial charge in [0.1, 0.15) is 0 Å². The van der Waals surface area contributed by atoms with Gasteiger partial charge in [-0.3, -0.25) is 9.69 Å². The lowest BCUT2D eigenvalue weighted by Crippen LogP contribution is -2.45. The van der Waals surface area contributed by atoms with E-state index in [0.29, 0.717) is 13.1 Å². The SMILES string of the molecule is CCCCC(CCN(C)C)(CNC(=O)CN(CC)CC)c1cccc2ccccc12. The number of hydrogen-bond acceptors (Lipinski definition) is 3. The minimum absolute atomic E-state index is 0.0694. The Bertz CT molecular complexity index is 779. The van der Waals surface area contributed by atoms with Gasteiger partial charge in [0.05, 0.1) is 6.54 Å². The van der Waals surface area contributed by atoms with Crippen molar-refractivity contribution in [3.8, 4) is 0 Å². The minimum Gasteiger partial charge on any atom is -0.354 e. The fraction of sp³-hybridized carbons (Fsp3) is 0.577. The first-order valence-electron chi connectivity index (χ1n) is 11.6. The normalized spacial score (nSPS) is 13.7. The van der Waals surface area contributed by atoms with Gasteiger partial charge in [-0.15, -0.1) is 0 Å². The molecule has 0 radical (unpaired) electrons. The molecule has 0 aromatic heterocycles. The van der Waals surface area contributed by atoms with Crippen molar-refractivity contribution in [2.75, 3.05) is 46.8 Å². The van der Waals surface area contributed by atoms with Gasteiger partial charge < -0.3 is 10.2 Å². The first-order valence-corrected chi connectivity index (χ1v) is 11.6. The number of fused-ring (bicyclic) bond motifs is 1. The van der Waals surface area contributed by atoms with Gasteiger partial charge >= 0.3 is 0 Å². The summed E-state index contributed by atoms with van der Waals surface area (Å²) in [6.45, 7) is 10.4. The predicted octanol–water partition coefficient (Wildman–Crippen LogP) is 4.68. The van der Waals surface area contributed by atoms with Crippen LogP contribution in [0.3, 0.4) is 0 Å². The van der Waals surface area contributed by atoms with Gasteiger partial charge in [0.2, 0.25) is 5.91 Å². The number of nitrogens with zero attached hydrogens (tertiary/aromatic N) is 2. The summed E-state index contributed by atoms with van der Waals surface area (Å²) >= 11 is 0. The van der Waals surface area contributed by atoms with Crippen molar-refractivity contribution in [2.45, 2.75) is 51.9 Å². The first kappa shape index (κ1) is 24.4. The molecule has 0 fully saturated rings. The topological polar surface area (TPSA) is 35.6 Å². The quantitative estimate of drug-likeness (QED) is 0.520. The van der Waals surface area contributed by atoms with Crippen LogP contribution in [0.2, 0.25) is 0 Å². The molecule has 30 heavy (non-hydrogen) atoms. The van der Waals surface area contributed by atoms with E-state index < -0.39 is 0 Å². The van der Waals surface area contributed by atoms with Gasteiger partial charge in [-0.2, -0.15) is 0 Å². The van der Waals surface area contributed by atoms with Crippen LogP contribution in [0.15, 0.2) is 42.5 Å². The molecule has 0 saturated heterocycles. The number of carbonyl (C=O) groups excluding carboxylic acids is 1. The summed E-state index contributed by atoms with van der Waals surface area (Å²) in [5.41, 5.74) is 1.30. The molecule has 1 amide bonds. The summed E-state index contributed by atoms with van der Waals surface area (Å²) in [4.78, 5) is 17.2. The monoisotopic (exact) mass is 411 g/mol. The second-order valence-corrected chi connectivity index (χ2v) is 8.70. The maximum atomic E-state index is 12.8. The Labute approximate surface area is 183 Å². The summed E-state index contributed by atoms with van der Waals surface area (Å²) in [5.74, 6) is 0.129. The molecule has 1 atom stereocenters. The Morgan fingerprint density at radius 2 is 1.67 bits per heavy atom. The van der Waals surface area contributed by atoms with Crippen LogP contribution in [0, 0.1) is 0 Å². The molecule has 166 valence electrons. The van der Waals surface area contributed by atoms with Crippen molar-refractivity contribution in [2.24, 2.45) is 0 Å². The van der Waals surface area contributed by atoms with E-state index in [4.69, 9.17) is 0 Å². The fourth-order valence-corrected chi connectivity index (χ4v) is 4.28. The molecule has 2 rings (SSSR count). The molecular weight excluding hydrogens is 370 g/mol. The van der Waals surface area contributed by atoms with Crippen LogP contribution in [-0.4, -0.2) is 62.5 Å². The molecule has 0 heterocycles. The first-order chi connectivity index (χ1) is 14.5. The molecular formula is C26H41N3O. The molecule has 4 nitrogen and oxygen atoms in total. The third-order valence-corrected chi connectivity index (χ3v) is 6.29. The molecule has 4 heteroatoms. The maximum absolute atomic E-state index is 12.8. The smallest absolute Gasteiger partial charge is 0.234 e. The molecule has 0 aliphatic rings. The lowest BCUT2D eigenvalue weighted by atomic mass is 9.71. The standard InChI is InChI=1S/C26H41N3O/c1-6-9-17-26(18-19-28(4)5,21-27-25(30)20-29(7-2)8-3)24-16-12-14-22-13-10-11-15-23(22)24/h10-16H,6-9,17-21H2,1-5H3,(H,27,30). The van der Waals surface area contributed by atoms with Gasteiger partial charge in [0.25, 0.3) is 0 Å². The van der Waals surface area contributed by atoms with E-state index in [2.05, 4.69) is 92.4 Å². The average molecular weight is 412 g/mol. The molecule has 0 bridgehead atoms. The van der Waals surface area contributed by atoms with E-state index in [9.17, 15) is 4.79 Å². The summed E-state index contributed by atoms with van der Waals surface area (Å²) in [6.07, 6.45) is 4.42. The Morgan fingerprint density at radius 3 is 2.33 bits per heavy atom. The van der Waals surface area contributed by atoms with Crippen LogP contribution < -0.4 is 5.32 Å². The fourth-order valence-electron chi connectivity index (χ4n) is 4.28. The van der Waals surface area contributed by atoms with Crippen molar-refractivity contribution in [1.29, 1.82) is 0 Å². The highest BCUT2D eigenvalue weighted by Crippen LogP contribution is 2.37. The highest BCUT2D eigenvalue weighted by Gasteiger charge is 2.33. The Kier molecular flexibility index (Phi) is 9.80. The molecule has 2 aromatic carbocycles. The van der Waals surface area contributed by atoms with Gasteiger partial charge in [-0.05, 0) is 62.9 Å². The van der Waals surface area contributed by atoms with E-state index in [-0.39, 0.29) is 11.3 Å². The third-order valence-electron chi connectivity index (χ3n) is 6.29. The predicted molar refractivity (Wildman–Crippen MR) is 129 cm³/mol. The molecule has 0 saturated carbocycles. The van der Waals surface area contributed by atoms with Gasteiger partial charge in [-0.25, -0.2) is 0 Å². The van der Waals surface area contributed by atoms with Crippen molar-refractivity contribution >= 4 is 16.7 Å². The minimum atomic E-state index is -0.0694. The second kappa shape index (κ2) is 12.1. The van der Waals surface area contributed by atoms with Crippen LogP contribution >= 0.6 is 0 Å². The number of benzene rings is 2. The molecule has 2 aromatic rings. The highest BCUT2D eigenvalue weighted by molar-refractivity contribution is 5.87. The van der Waals surface area contributed by atoms with Crippen molar-refractivity contribution in [3.63, 3.8) is 0 Å². The number of rotatable bonds is 13. The van der Waals surface area contributed by atoms with Crippen molar-refractivity contribution in [1.82, 2.24) is 15.1 Å². The average Bonchev–Trinajstić information content (AvgIpc) is 2.76. The summed E-state index contributed by atoms with van der Waals surface area (Å²) in [6, 6.07) is 15.3. The number of hydrogen-bond donors (Lipinski definition) is 1. The van der Waals surface area contributed by atoms with Crippen LogP contribution in [0.25, 0.3) is 10.8 Å². The van der Waals surface area contributed by atoms with E-state index in [0.717, 1.165) is 45.3 Å².